The van der Waals surface area contributed by atoms with E-state index in [1.54, 1.807) is 18.2 Å². The van der Waals surface area contributed by atoms with Crippen molar-refractivity contribution in [2.75, 3.05) is 0 Å². The van der Waals surface area contributed by atoms with Crippen LogP contribution in [0.4, 0.5) is 8.78 Å². The molecule has 0 aliphatic heterocycles. The van der Waals surface area contributed by atoms with Crippen LogP contribution in [0.15, 0.2) is 34.6 Å². The third kappa shape index (κ3) is 2.63. The molecule has 0 radical (unpaired) electrons. The fourth-order valence-corrected chi connectivity index (χ4v) is 2.30. The van der Waals surface area contributed by atoms with E-state index in [9.17, 15) is 18.7 Å². The van der Waals surface area contributed by atoms with Gasteiger partial charge in [-0.2, -0.15) is 0 Å². The van der Waals surface area contributed by atoms with Crippen molar-refractivity contribution in [1.82, 2.24) is 4.98 Å². The number of hydrogen-bond donors (Lipinski definition) is 2. The fourth-order valence-electron chi connectivity index (χ4n) is 2.30. The number of nitrogens with one attached hydrogen (secondary N) is 1. The van der Waals surface area contributed by atoms with Crippen molar-refractivity contribution in [3.63, 3.8) is 0 Å². The van der Waals surface area contributed by atoms with E-state index in [1.807, 2.05) is 0 Å². The van der Waals surface area contributed by atoms with Crippen LogP contribution in [0.1, 0.15) is 12.0 Å². The van der Waals surface area contributed by atoms with Crippen LogP contribution in [-0.4, -0.2) is 10.1 Å². The molecule has 2 N–H and O–H groups in total. The summed E-state index contributed by atoms with van der Waals surface area (Å²) in [6.45, 7) is 0. The fraction of sp³-hybridized carbons (Fsp3) is 0.0625. The maximum Gasteiger partial charge on any atom is 0.258 e. The first-order valence-corrected chi connectivity index (χ1v) is 6.33. The van der Waals surface area contributed by atoms with Crippen LogP contribution in [0, 0.1) is 11.6 Å². The predicted molar refractivity (Wildman–Crippen MR) is 75.9 cm³/mol. The highest BCUT2D eigenvalue weighted by Crippen LogP contribution is 2.15. The lowest BCUT2D eigenvalue weighted by Gasteiger charge is -2.05. The maximum absolute atomic E-state index is 13.2. The Kier molecular flexibility index (Phi) is 3.17. The van der Waals surface area contributed by atoms with Gasteiger partial charge in [-0.25, -0.2) is 8.78 Å². The third-order valence-corrected chi connectivity index (χ3v) is 3.27. The lowest BCUT2D eigenvalue weighted by Crippen LogP contribution is -2.41. The van der Waals surface area contributed by atoms with Crippen LogP contribution in [0.5, 0.6) is 5.88 Å². The standard InChI is InChI=1S/C16H11F2NO2/c17-13-4-2-10(7-14(13)18)5-9-1-3-12-11(6-9)8-15(20)19-16(12)21/h2-8,20H,1H2,(H,19,21). The number of aromatic amines is 1. The molecule has 1 heterocycles. The number of benzene rings is 1. The zero-order valence-electron chi connectivity index (χ0n) is 10.9. The van der Waals surface area contributed by atoms with Gasteiger partial charge in [-0.3, -0.25) is 9.78 Å². The summed E-state index contributed by atoms with van der Waals surface area (Å²) in [6.07, 6.45) is 5.69. The molecule has 0 bridgehead atoms. The Morgan fingerprint density at radius 2 is 2.00 bits per heavy atom. The zero-order valence-corrected chi connectivity index (χ0v) is 10.9. The first kappa shape index (κ1) is 13.3. The molecular formula is C16H11F2NO2. The average molecular weight is 287 g/mol. The lowest BCUT2D eigenvalue weighted by atomic mass is 10.0. The molecular weight excluding hydrogens is 276 g/mol. The number of aromatic nitrogens is 1. The first-order chi connectivity index (χ1) is 10.0. The summed E-state index contributed by atoms with van der Waals surface area (Å²) in [4.78, 5) is 14.0. The van der Waals surface area contributed by atoms with Crippen molar-refractivity contribution in [3.05, 3.63) is 67.8 Å². The Hall–Kier alpha value is -2.69. The van der Waals surface area contributed by atoms with Crippen molar-refractivity contribution in [3.8, 4) is 5.88 Å². The van der Waals surface area contributed by atoms with Crippen molar-refractivity contribution in [2.45, 2.75) is 6.42 Å². The predicted octanol–water partition coefficient (Wildman–Crippen LogP) is 1.41. The molecule has 0 amide bonds. The summed E-state index contributed by atoms with van der Waals surface area (Å²) in [7, 11) is 0. The molecule has 0 fully saturated rings. The van der Waals surface area contributed by atoms with Crippen LogP contribution in [0.3, 0.4) is 0 Å². The molecule has 3 rings (SSSR count). The van der Waals surface area contributed by atoms with Gasteiger partial charge in [0.15, 0.2) is 17.5 Å². The Morgan fingerprint density at radius 3 is 2.76 bits per heavy atom. The lowest BCUT2D eigenvalue weighted by molar-refractivity contribution is 0.450. The van der Waals surface area contributed by atoms with E-state index in [-0.39, 0.29) is 11.4 Å². The smallest absolute Gasteiger partial charge is 0.258 e. The molecule has 0 unspecified atom stereocenters. The van der Waals surface area contributed by atoms with E-state index in [0.717, 1.165) is 17.7 Å². The largest absolute Gasteiger partial charge is 0.494 e. The van der Waals surface area contributed by atoms with E-state index < -0.39 is 11.6 Å². The maximum atomic E-state index is 13.2. The molecule has 2 aromatic rings. The van der Waals surface area contributed by atoms with E-state index in [1.165, 1.54) is 12.1 Å². The molecule has 5 heteroatoms. The minimum absolute atomic E-state index is 0.211. The highest BCUT2D eigenvalue weighted by molar-refractivity contribution is 5.68. The second kappa shape index (κ2) is 5.01. The van der Waals surface area contributed by atoms with Crippen LogP contribution in [-0.2, 0) is 0 Å². The van der Waals surface area contributed by atoms with E-state index in [4.69, 9.17) is 0 Å². The van der Waals surface area contributed by atoms with Gasteiger partial charge in [-0.05, 0) is 34.9 Å². The van der Waals surface area contributed by atoms with Crippen LogP contribution in [0.2, 0.25) is 0 Å². The SMILES string of the molecule is O=c1[nH]c(O)cc2c1=CCC(=Cc1ccc(F)c(F)c1)C=2. The summed E-state index contributed by atoms with van der Waals surface area (Å²) in [6, 6.07) is 5.11. The first-order valence-electron chi connectivity index (χ1n) is 6.33. The minimum Gasteiger partial charge on any atom is -0.494 e. The highest BCUT2D eigenvalue weighted by Gasteiger charge is 2.05. The van der Waals surface area contributed by atoms with Gasteiger partial charge in [0.2, 0.25) is 0 Å². The van der Waals surface area contributed by atoms with Gasteiger partial charge in [0, 0.05) is 11.3 Å². The second-order valence-corrected chi connectivity index (χ2v) is 4.80. The molecule has 1 aromatic heterocycles. The number of pyridine rings is 1. The molecule has 0 spiro atoms. The number of aromatic hydroxyl groups is 1. The molecule has 1 aliphatic rings. The summed E-state index contributed by atoms with van der Waals surface area (Å²) in [5, 5.41) is 10.5. The van der Waals surface area contributed by atoms with Gasteiger partial charge >= 0.3 is 0 Å². The quantitative estimate of drug-likeness (QED) is 0.833. The van der Waals surface area contributed by atoms with Gasteiger partial charge in [0.05, 0.1) is 0 Å². The average Bonchev–Trinajstić information content (AvgIpc) is 2.42. The topological polar surface area (TPSA) is 53.1 Å². The number of H-pyrrole nitrogens is 1. The van der Waals surface area contributed by atoms with Gasteiger partial charge in [0.25, 0.3) is 5.56 Å². The monoisotopic (exact) mass is 287 g/mol. The van der Waals surface area contributed by atoms with Crippen LogP contribution >= 0.6 is 0 Å². The van der Waals surface area contributed by atoms with Gasteiger partial charge in [-0.15, -0.1) is 0 Å². The molecule has 0 saturated heterocycles. The summed E-state index contributed by atoms with van der Waals surface area (Å²) >= 11 is 0. The number of fused-ring (bicyclic) bond motifs is 1. The highest BCUT2D eigenvalue weighted by atomic mass is 19.2. The Balaban J connectivity index is 2.09. The minimum atomic E-state index is -0.904. The van der Waals surface area contributed by atoms with Crippen LogP contribution < -0.4 is 16.0 Å². The molecule has 3 nitrogen and oxygen atoms in total. The number of allylic oxidation sites excluding steroid dienone is 1. The Bertz CT molecular complexity index is 926. The van der Waals surface area contributed by atoms with Gasteiger partial charge in [-0.1, -0.05) is 24.3 Å². The van der Waals surface area contributed by atoms with Crippen molar-refractivity contribution < 1.29 is 13.9 Å². The second-order valence-electron chi connectivity index (χ2n) is 4.80. The summed E-state index contributed by atoms with van der Waals surface area (Å²) in [5.41, 5.74) is 1.01. The molecule has 0 atom stereocenters. The molecule has 21 heavy (non-hydrogen) atoms. The van der Waals surface area contributed by atoms with E-state index >= 15 is 0 Å². The van der Waals surface area contributed by atoms with E-state index in [0.29, 0.717) is 22.4 Å². The van der Waals surface area contributed by atoms with Gasteiger partial charge < -0.3 is 5.11 Å². The zero-order chi connectivity index (χ0) is 15.0. The number of hydrogen-bond acceptors (Lipinski definition) is 2. The van der Waals surface area contributed by atoms with E-state index in [2.05, 4.69) is 4.98 Å². The van der Waals surface area contributed by atoms with Crippen molar-refractivity contribution in [1.29, 1.82) is 0 Å². The van der Waals surface area contributed by atoms with Gasteiger partial charge in [0.1, 0.15) is 0 Å². The molecule has 0 saturated carbocycles. The Labute approximate surface area is 118 Å². The Morgan fingerprint density at radius 1 is 1.19 bits per heavy atom. The number of rotatable bonds is 1. The van der Waals surface area contributed by atoms with Crippen LogP contribution in [0.25, 0.3) is 18.2 Å². The molecule has 1 aromatic carbocycles. The summed E-state index contributed by atoms with van der Waals surface area (Å²) in [5.74, 6) is -2.01. The molecule has 106 valence electrons. The normalized spacial score (nSPS) is 15.2. The number of halogens is 2. The third-order valence-electron chi connectivity index (χ3n) is 3.27. The van der Waals surface area contributed by atoms with Crippen molar-refractivity contribution in [2.24, 2.45) is 0 Å². The van der Waals surface area contributed by atoms with Crippen molar-refractivity contribution >= 4 is 18.2 Å². The summed E-state index contributed by atoms with van der Waals surface area (Å²) < 4.78 is 26.1. The molecule has 1 aliphatic carbocycles.